The van der Waals surface area contributed by atoms with Crippen LogP contribution >= 0.6 is 15.9 Å². The summed E-state index contributed by atoms with van der Waals surface area (Å²) in [7, 11) is 0. The van der Waals surface area contributed by atoms with E-state index in [9.17, 15) is 4.79 Å². The first-order chi connectivity index (χ1) is 7.58. The molecule has 0 amide bonds. The molecule has 0 bridgehead atoms. The van der Waals surface area contributed by atoms with Gasteiger partial charge in [-0.25, -0.2) is 4.98 Å². The zero-order valence-corrected chi connectivity index (χ0v) is 10.4. The number of nitrogens with zero attached hydrogens (tertiary/aromatic N) is 4. The molecule has 0 aliphatic carbocycles. The van der Waals surface area contributed by atoms with Crippen molar-refractivity contribution in [2.24, 2.45) is 0 Å². The first kappa shape index (κ1) is 11.0. The van der Waals surface area contributed by atoms with Crippen LogP contribution in [0, 0.1) is 13.8 Å². The molecule has 2 aromatic rings. The van der Waals surface area contributed by atoms with Gasteiger partial charge < -0.3 is 4.52 Å². The highest BCUT2D eigenvalue weighted by molar-refractivity contribution is 9.10. The average molecular weight is 285 g/mol. The quantitative estimate of drug-likeness (QED) is 0.824. The Hall–Kier alpha value is -1.50. The van der Waals surface area contributed by atoms with Crippen LogP contribution in [0.15, 0.2) is 20.1 Å². The van der Waals surface area contributed by atoms with Gasteiger partial charge in [0.05, 0.1) is 18.6 Å². The highest BCUT2D eigenvalue weighted by Crippen LogP contribution is 2.06. The summed E-state index contributed by atoms with van der Waals surface area (Å²) >= 11 is 3.19. The average Bonchev–Trinajstić information content (AvgIpc) is 2.65. The van der Waals surface area contributed by atoms with Crippen molar-refractivity contribution < 1.29 is 4.52 Å². The number of aromatic nitrogens is 4. The first-order valence-corrected chi connectivity index (χ1v) is 5.38. The summed E-state index contributed by atoms with van der Waals surface area (Å²) in [5, 5.41) is 3.72. The third kappa shape index (κ3) is 2.04. The van der Waals surface area contributed by atoms with E-state index >= 15 is 0 Å². The Morgan fingerprint density at radius 1 is 1.50 bits per heavy atom. The van der Waals surface area contributed by atoms with E-state index in [0.29, 0.717) is 21.9 Å². The number of aryl methyl sites for hydroxylation is 2. The summed E-state index contributed by atoms with van der Waals surface area (Å²) in [5.41, 5.74) is 0.500. The smallest absolute Gasteiger partial charge is 0.268 e. The first-order valence-electron chi connectivity index (χ1n) is 4.58. The lowest BCUT2D eigenvalue weighted by atomic mass is 10.4. The molecule has 2 aromatic heterocycles. The highest BCUT2D eigenvalue weighted by atomic mass is 79.9. The molecule has 0 N–H and O–H groups in total. The van der Waals surface area contributed by atoms with Gasteiger partial charge >= 0.3 is 0 Å². The highest BCUT2D eigenvalue weighted by Gasteiger charge is 2.08. The molecule has 0 aromatic carbocycles. The fourth-order valence-electron chi connectivity index (χ4n) is 1.22. The van der Waals surface area contributed by atoms with E-state index < -0.39 is 0 Å². The summed E-state index contributed by atoms with van der Waals surface area (Å²) < 4.78 is 6.69. The molecule has 0 saturated carbocycles. The van der Waals surface area contributed by atoms with Gasteiger partial charge in [0.2, 0.25) is 5.89 Å². The maximum absolute atomic E-state index is 11.8. The van der Waals surface area contributed by atoms with Crippen molar-refractivity contribution in [1.29, 1.82) is 0 Å². The van der Waals surface area contributed by atoms with E-state index in [0.717, 1.165) is 0 Å². The van der Waals surface area contributed by atoms with Crippen molar-refractivity contribution in [2.75, 3.05) is 0 Å². The van der Waals surface area contributed by atoms with E-state index in [1.165, 1.54) is 10.9 Å². The van der Waals surface area contributed by atoms with E-state index in [4.69, 9.17) is 4.52 Å². The van der Waals surface area contributed by atoms with E-state index in [1.807, 2.05) is 0 Å². The van der Waals surface area contributed by atoms with Crippen LogP contribution in [0.3, 0.4) is 0 Å². The molecular formula is C9H9BrN4O2. The fourth-order valence-corrected chi connectivity index (χ4v) is 1.55. The number of hydrogen-bond acceptors (Lipinski definition) is 5. The van der Waals surface area contributed by atoms with Crippen molar-refractivity contribution in [3.63, 3.8) is 0 Å². The molecule has 0 spiro atoms. The van der Waals surface area contributed by atoms with Crippen molar-refractivity contribution in [1.82, 2.24) is 19.7 Å². The summed E-state index contributed by atoms with van der Waals surface area (Å²) in [6, 6.07) is 0. The Balaban J connectivity index is 2.36. The van der Waals surface area contributed by atoms with E-state index in [1.54, 1.807) is 13.8 Å². The lowest BCUT2D eigenvalue weighted by Crippen LogP contribution is -2.23. The van der Waals surface area contributed by atoms with Crippen molar-refractivity contribution in [2.45, 2.75) is 20.4 Å². The van der Waals surface area contributed by atoms with Crippen LogP contribution in [0.25, 0.3) is 0 Å². The molecule has 84 valence electrons. The SMILES string of the molecule is Cc1nc(Cn2cnc(C)c(Br)c2=O)no1. The van der Waals surface area contributed by atoms with Gasteiger partial charge in [-0.1, -0.05) is 5.16 Å². The minimum atomic E-state index is -0.157. The molecule has 0 unspecified atom stereocenters. The van der Waals surface area contributed by atoms with Gasteiger partial charge in [-0.2, -0.15) is 4.98 Å². The second-order valence-corrected chi connectivity index (χ2v) is 4.10. The summed E-state index contributed by atoms with van der Waals surface area (Å²) in [6.45, 7) is 3.71. The van der Waals surface area contributed by atoms with Crippen LogP contribution in [-0.4, -0.2) is 19.7 Å². The van der Waals surface area contributed by atoms with Crippen molar-refractivity contribution >= 4 is 15.9 Å². The molecule has 7 heteroatoms. The van der Waals surface area contributed by atoms with Crippen LogP contribution in [0.4, 0.5) is 0 Å². The monoisotopic (exact) mass is 284 g/mol. The Morgan fingerprint density at radius 2 is 2.25 bits per heavy atom. The van der Waals surface area contributed by atoms with Crippen molar-refractivity contribution in [3.05, 3.63) is 38.6 Å². The second-order valence-electron chi connectivity index (χ2n) is 3.31. The minimum absolute atomic E-state index is 0.157. The number of rotatable bonds is 2. The van der Waals surface area contributed by atoms with Crippen LogP contribution in [0.2, 0.25) is 0 Å². The fraction of sp³-hybridized carbons (Fsp3) is 0.333. The molecule has 0 saturated heterocycles. The lowest BCUT2D eigenvalue weighted by Gasteiger charge is -2.03. The van der Waals surface area contributed by atoms with Crippen LogP contribution in [0.1, 0.15) is 17.4 Å². The summed E-state index contributed by atoms with van der Waals surface area (Å²) in [6.07, 6.45) is 1.47. The predicted molar refractivity (Wildman–Crippen MR) is 59.1 cm³/mol. The van der Waals surface area contributed by atoms with Gasteiger partial charge in [0, 0.05) is 6.92 Å². The normalized spacial score (nSPS) is 10.7. The van der Waals surface area contributed by atoms with Crippen LogP contribution < -0.4 is 5.56 Å². The van der Waals surface area contributed by atoms with Gasteiger partial charge in [0.1, 0.15) is 4.47 Å². The predicted octanol–water partition coefficient (Wildman–Crippen LogP) is 1.05. The minimum Gasteiger partial charge on any atom is -0.340 e. The molecule has 0 aliphatic heterocycles. The van der Waals surface area contributed by atoms with Gasteiger partial charge in [0.15, 0.2) is 5.82 Å². The Kier molecular flexibility index (Phi) is 2.86. The Bertz CT molecular complexity index is 575. The topological polar surface area (TPSA) is 73.8 Å². The number of halogens is 1. The second kappa shape index (κ2) is 4.17. The van der Waals surface area contributed by atoms with Gasteiger partial charge in [-0.15, -0.1) is 0 Å². The molecule has 16 heavy (non-hydrogen) atoms. The van der Waals surface area contributed by atoms with Crippen LogP contribution in [0.5, 0.6) is 0 Å². The largest absolute Gasteiger partial charge is 0.340 e. The third-order valence-electron chi connectivity index (χ3n) is 2.04. The summed E-state index contributed by atoms with van der Waals surface area (Å²) in [4.78, 5) is 19.9. The lowest BCUT2D eigenvalue weighted by molar-refractivity contribution is 0.385. The molecule has 2 rings (SSSR count). The molecule has 6 nitrogen and oxygen atoms in total. The van der Waals surface area contributed by atoms with Gasteiger partial charge in [-0.05, 0) is 22.9 Å². The molecule has 0 fully saturated rings. The maximum Gasteiger partial charge on any atom is 0.268 e. The standard InChI is InChI=1S/C9H9BrN4O2/c1-5-8(10)9(15)14(4-11-5)3-7-12-6(2)16-13-7/h4H,3H2,1-2H3. The molecule has 2 heterocycles. The van der Waals surface area contributed by atoms with Crippen molar-refractivity contribution in [3.8, 4) is 0 Å². The third-order valence-corrected chi connectivity index (χ3v) is 2.95. The molecule has 0 atom stereocenters. The summed E-state index contributed by atoms with van der Waals surface area (Å²) in [5.74, 6) is 0.930. The molecule has 0 radical (unpaired) electrons. The zero-order chi connectivity index (χ0) is 11.7. The van der Waals surface area contributed by atoms with E-state index in [2.05, 4.69) is 31.1 Å². The molecular weight excluding hydrogens is 276 g/mol. The van der Waals surface area contributed by atoms with Gasteiger partial charge in [-0.3, -0.25) is 9.36 Å². The zero-order valence-electron chi connectivity index (χ0n) is 8.77. The Morgan fingerprint density at radius 3 is 2.88 bits per heavy atom. The van der Waals surface area contributed by atoms with Gasteiger partial charge in [0.25, 0.3) is 5.56 Å². The molecule has 0 aliphatic rings. The number of hydrogen-bond donors (Lipinski definition) is 0. The van der Waals surface area contributed by atoms with E-state index in [-0.39, 0.29) is 12.1 Å². The van der Waals surface area contributed by atoms with Crippen LogP contribution in [-0.2, 0) is 6.54 Å². The Labute approximate surface area is 99.4 Å². The maximum atomic E-state index is 11.8.